The molecule has 4 aromatic rings. The minimum atomic E-state index is -0.615. The number of allylic oxidation sites excluding steroid dienone is 1. The molecular formula is C26H16Cl2N2O4S. The van der Waals surface area contributed by atoms with Gasteiger partial charge in [0.2, 0.25) is 5.88 Å². The van der Waals surface area contributed by atoms with Crippen molar-refractivity contribution < 1.29 is 19.0 Å². The monoisotopic (exact) mass is 522 g/mol. The van der Waals surface area contributed by atoms with Crippen molar-refractivity contribution in [1.29, 1.82) is 5.26 Å². The number of halogens is 2. The number of hydrogen-bond donors (Lipinski definition) is 1. The molecule has 0 bridgehead atoms. The van der Waals surface area contributed by atoms with Crippen LogP contribution in [0.2, 0.25) is 10.0 Å². The van der Waals surface area contributed by atoms with Crippen LogP contribution in [-0.2, 0) is 0 Å². The molecule has 0 saturated carbocycles. The molecule has 0 aliphatic carbocycles. The Morgan fingerprint density at radius 1 is 1.11 bits per heavy atom. The molecule has 2 N–H and O–H groups in total. The van der Waals surface area contributed by atoms with E-state index in [-0.39, 0.29) is 21.5 Å². The van der Waals surface area contributed by atoms with E-state index in [0.717, 1.165) is 10.3 Å². The van der Waals surface area contributed by atoms with Gasteiger partial charge in [0.05, 0.1) is 23.1 Å². The van der Waals surface area contributed by atoms with Gasteiger partial charge in [0, 0.05) is 21.7 Å². The molecular weight excluding hydrogens is 507 g/mol. The smallest absolute Gasteiger partial charge is 0.355 e. The van der Waals surface area contributed by atoms with Gasteiger partial charge in [-0.25, -0.2) is 4.79 Å². The summed E-state index contributed by atoms with van der Waals surface area (Å²) in [5.41, 5.74) is 7.93. The number of nitriles is 1. The van der Waals surface area contributed by atoms with Crippen LogP contribution in [0.5, 0.6) is 17.2 Å². The average Bonchev–Trinajstić information content (AvgIpc) is 3.21. The van der Waals surface area contributed by atoms with Gasteiger partial charge in [-0.2, -0.15) is 5.26 Å². The second-order valence-electron chi connectivity index (χ2n) is 7.65. The normalized spacial score (nSPS) is 14.7. The lowest BCUT2D eigenvalue weighted by Gasteiger charge is -2.26. The lowest BCUT2D eigenvalue weighted by atomic mass is 9.83. The Hall–Kier alpha value is -3.70. The van der Waals surface area contributed by atoms with Crippen molar-refractivity contribution in [3.8, 4) is 23.3 Å². The highest BCUT2D eigenvalue weighted by atomic mass is 35.5. The third-order valence-electron chi connectivity index (χ3n) is 5.64. The Labute approximate surface area is 214 Å². The minimum absolute atomic E-state index is 0.00788. The van der Waals surface area contributed by atoms with Gasteiger partial charge in [-0.3, -0.25) is 0 Å². The Balaban J connectivity index is 1.49. The molecule has 1 aromatic heterocycles. The summed E-state index contributed by atoms with van der Waals surface area (Å²) in [5.74, 6) is 0.258. The highest BCUT2D eigenvalue weighted by molar-refractivity contribution is 7.21. The van der Waals surface area contributed by atoms with Gasteiger partial charge in [0.1, 0.15) is 33.8 Å². The van der Waals surface area contributed by atoms with E-state index < -0.39 is 11.9 Å². The molecule has 1 aliphatic rings. The second kappa shape index (κ2) is 9.16. The van der Waals surface area contributed by atoms with Gasteiger partial charge in [-0.1, -0.05) is 47.5 Å². The first-order valence-electron chi connectivity index (χ1n) is 10.4. The summed E-state index contributed by atoms with van der Waals surface area (Å²) < 4.78 is 17.3. The molecule has 174 valence electrons. The number of nitrogens with two attached hydrogens (primary N) is 1. The quantitative estimate of drug-likeness (QED) is 0.238. The number of rotatable bonds is 4. The number of carbonyl (C=O) groups excluding carboxylic acids is 1. The van der Waals surface area contributed by atoms with Crippen LogP contribution in [0.4, 0.5) is 0 Å². The number of carbonyl (C=O) groups is 1. The van der Waals surface area contributed by atoms with Gasteiger partial charge in [-0.15, -0.1) is 11.3 Å². The van der Waals surface area contributed by atoms with Crippen molar-refractivity contribution in [1.82, 2.24) is 0 Å². The number of fused-ring (bicyclic) bond motifs is 2. The Morgan fingerprint density at radius 3 is 2.54 bits per heavy atom. The van der Waals surface area contributed by atoms with Crippen LogP contribution in [-0.4, -0.2) is 13.1 Å². The molecule has 0 amide bonds. The third kappa shape index (κ3) is 4.06. The molecule has 1 aliphatic heterocycles. The average molecular weight is 523 g/mol. The van der Waals surface area contributed by atoms with Crippen LogP contribution in [0.3, 0.4) is 0 Å². The molecule has 0 radical (unpaired) electrons. The summed E-state index contributed by atoms with van der Waals surface area (Å²) in [4.78, 5) is 13.2. The molecule has 0 saturated heterocycles. The highest BCUT2D eigenvalue weighted by Crippen LogP contribution is 2.44. The molecule has 1 unspecified atom stereocenters. The van der Waals surface area contributed by atoms with E-state index in [4.69, 9.17) is 43.1 Å². The number of esters is 1. The lowest BCUT2D eigenvalue weighted by Crippen LogP contribution is -2.21. The summed E-state index contributed by atoms with van der Waals surface area (Å²) in [7, 11) is 1.58. The zero-order valence-electron chi connectivity index (χ0n) is 18.2. The summed E-state index contributed by atoms with van der Waals surface area (Å²) >= 11 is 13.9. The molecule has 6 nitrogen and oxygen atoms in total. The third-order valence-corrected chi connectivity index (χ3v) is 7.58. The molecule has 9 heteroatoms. The SMILES string of the molecule is COc1ccc(C2C(C#N)=C(N)Oc3cc(OC(=O)c4sc5cccc(Cl)c5c4Cl)ccc32)cc1. The zero-order chi connectivity index (χ0) is 24.7. The molecule has 0 spiro atoms. The van der Waals surface area contributed by atoms with Gasteiger partial charge in [0.15, 0.2) is 0 Å². The van der Waals surface area contributed by atoms with Crippen LogP contribution in [0.25, 0.3) is 10.1 Å². The van der Waals surface area contributed by atoms with Crippen LogP contribution in [0.1, 0.15) is 26.7 Å². The Bertz CT molecular complexity index is 1550. The first-order valence-corrected chi connectivity index (χ1v) is 11.9. The number of thiophene rings is 1. The van der Waals surface area contributed by atoms with Crippen LogP contribution in [0, 0.1) is 11.3 Å². The van der Waals surface area contributed by atoms with Gasteiger partial charge in [-0.05, 0) is 35.9 Å². The predicted molar refractivity (Wildman–Crippen MR) is 136 cm³/mol. The summed E-state index contributed by atoms with van der Waals surface area (Å²) in [6.07, 6.45) is 0. The first-order chi connectivity index (χ1) is 16.9. The summed E-state index contributed by atoms with van der Waals surface area (Å²) in [6, 6.07) is 19.8. The maximum absolute atomic E-state index is 12.9. The highest BCUT2D eigenvalue weighted by Gasteiger charge is 2.31. The molecule has 3 aromatic carbocycles. The Kier molecular flexibility index (Phi) is 6.03. The van der Waals surface area contributed by atoms with Crippen molar-refractivity contribution in [2.75, 3.05) is 7.11 Å². The lowest BCUT2D eigenvalue weighted by molar-refractivity contribution is 0.0740. The van der Waals surface area contributed by atoms with Gasteiger partial charge >= 0.3 is 5.97 Å². The number of benzene rings is 3. The molecule has 1 atom stereocenters. The topological polar surface area (TPSA) is 94.6 Å². The van der Waals surface area contributed by atoms with E-state index >= 15 is 0 Å². The second-order valence-corrected chi connectivity index (χ2v) is 9.48. The molecule has 0 fully saturated rings. The first kappa shape index (κ1) is 23.1. The number of nitrogens with zero attached hydrogens (tertiary/aromatic N) is 1. The minimum Gasteiger partial charge on any atom is -0.497 e. The molecule has 35 heavy (non-hydrogen) atoms. The van der Waals surface area contributed by atoms with E-state index in [1.807, 2.05) is 30.3 Å². The van der Waals surface area contributed by atoms with Crippen molar-refractivity contribution >= 4 is 50.6 Å². The fourth-order valence-corrected chi connectivity index (χ4v) is 5.82. The number of methoxy groups -OCH3 is 1. The fourth-order valence-electron chi connectivity index (χ4n) is 3.99. The fraction of sp³-hybridized carbons (Fsp3) is 0.0769. The van der Waals surface area contributed by atoms with E-state index in [9.17, 15) is 10.1 Å². The number of ether oxygens (including phenoxy) is 3. The van der Waals surface area contributed by atoms with Crippen molar-refractivity contribution in [2.45, 2.75) is 5.92 Å². The predicted octanol–water partition coefficient (Wildman–Crippen LogP) is 6.65. The van der Waals surface area contributed by atoms with Crippen molar-refractivity contribution in [3.05, 3.63) is 98.2 Å². The summed E-state index contributed by atoms with van der Waals surface area (Å²) in [5, 5.41) is 11.1. The summed E-state index contributed by atoms with van der Waals surface area (Å²) in [6.45, 7) is 0. The van der Waals surface area contributed by atoms with Crippen LogP contribution in [0.15, 0.2) is 72.1 Å². The maximum Gasteiger partial charge on any atom is 0.355 e. The molecule has 5 rings (SSSR count). The van der Waals surface area contributed by atoms with E-state index in [0.29, 0.717) is 33.0 Å². The van der Waals surface area contributed by atoms with Crippen molar-refractivity contribution in [2.24, 2.45) is 5.73 Å². The van der Waals surface area contributed by atoms with E-state index in [1.54, 1.807) is 37.4 Å². The Morgan fingerprint density at radius 2 is 1.86 bits per heavy atom. The van der Waals surface area contributed by atoms with E-state index in [2.05, 4.69) is 6.07 Å². The standard InChI is InChI=1S/C26H16Cl2N2O4S/c1-32-14-7-5-13(6-8-14)21-16-10-9-15(11-19(16)34-25(30)17(21)12-29)33-26(31)24-23(28)22-18(27)3-2-4-20(22)35-24/h2-11,21H,30H2,1H3. The van der Waals surface area contributed by atoms with Crippen LogP contribution >= 0.6 is 34.5 Å². The van der Waals surface area contributed by atoms with E-state index in [1.165, 1.54) is 11.3 Å². The van der Waals surface area contributed by atoms with Crippen LogP contribution < -0.4 is 19.9 Å². The maximum atomic E-state index is 12.9. The molecule has 2 heterocycles. The largest absolute Gasteiger partial charge is 0.497 e. The number of hydrogen-bond acceptors (Lipinski definition) is 7. The van der Waals surface area contributed by atoms with Gasteiger partial charge in [0.25, 0.3) is 0 Å². The van der Waals surface area contributed by atoms with Crippen molar-refractivity contribution in [3.63, 3.8) is 0 Å². The zero-order valence-corrected chi connectivity index (χ0v) is 20.5. The van der Waals surface area contributed by atoms with Gasteiger partial charge < -0.3 is 19.9 Å².